The minimum atomic E-state index is -0.502. The zero-order valence-electron chi connectivity index (χ0n) is 21.2. The number of likely N-dealkylation sites (tertiary alicyclic amines) is 1. The summed E-state index contributed by atoms with van der Waals surface area (Å²) < 4.78 is 0.992. The molecule has 196 valence electrons. The molecule has 4 aromatic rings. The molecule has 2 saturated heterocycles. The maximum atomic E-state index is 10.5. The van der Waals surface area contributed by atoms with E-state index in [1.807, 2.05) is 37.4 Å². The van der Waals surface area contributed by atoms with Crippen LogP contribution in [0.1, 0.15) is 36.8 Å². The van der Waals surface area contributed by atoms with Crippen LogP contribution in [0.2, 0.25) is 0 Å². The first-order chi connectivity index (χ1) is 18.5. The molecule has 3 N–H and O–H groups in total. The topological polar surface area (TPSA) is 123 Å². The Bertz CT molecular complexity index is 1490. The van der Waals surface area contributed by atoms with Gasteiger partial charge in [0.25, 0.3) is 0 Å². The number of piperazine rings is 1. The van der Waals surface area contributed by atoms with Gasteiger partial charge in [-0.15, -0.1) is 11.3 Å². The van der Waals surface area contributed by atoms with E-state index < -0.39 is 6.10 Å². The number of nitrogens with zero attached hydrogens (tertiary/aromatic N) is 7. The Morgan fingerprint density at radius 3 is 2.76 bits per heavy atom. The molecule has 0 amide bonds. The van der Waals surface area contributed by atoms with E-state index in [0.717, 1.165) is 71.3 Å². The van der Waals surface area contributed by atoms with Gasteiger partial charge in [0.2, 0.25) is 5.95 Å². The maximum Gasteiger partial charge on any atom is 0.227 e. The molecule has 3 atom stereocenters. The van der Waals surface area contributed by atoms with Crippen LogP contribution >= 0.6 is 11.3 Å². The van der Waals surface area contributed by atoms with Crippen molar-refractivity contribution in [2.45, 2.75) is 44.4 Å². The fraction of sp³-hybridized carbons (Fsp3) is 0.444. The van der Waals surface area contributed by atoms with Crippen LogP contribution in [-0.2, 0) is 0 Å². The van der Waals surface area contributed by atoms with Gasteiger partial charge >= 0.3 is 0 Å². The van der Waals surface area contributed by atoms with Crippen LogP contribution in [0.25, 0.3) is 20.8 Å². The Labute approximate surface area is 224 Å². The summed E-state index contributed by atoms with van der Waals surface area (Å²) in [5, 5.41) is 24.1. The molecule has 4 aromatic heterocycles. The highest BCUT2D eigenvalue weighted by molar-refractivity contribution is 7.21. The maximum absolute atomic E-state index is 10.5. The average molecular weight is 531 g/mol. The summed E-state index contributed by atoms with van der Waals surface area (Å²) in [6.07, 6.45) is 6.29. The zero-order chi connectivity index (χ0) is 25.8. The van der Waals surface area contributed by atoms with Crippen LogP contribution in [0, 0.1) is 12.8 Å². The van der Waals surface area contributed by atoms with Crippen LogP contribution in [-0.4, -0.2) is 78.4 Å². The Kier molecular flexibility index (Phi) is 5.96. The van der Waals surface area contributed by atoms with E-state index in [-0.39, 0.29) is 6.61 Å². The number of nitrogens with one attached hydrogen (secondary N) is 1. The molecule has 38 heavy (non-hydrogen) atoms. The first-order valence-electron chi connectivity index (χ1n) is 13.2. The number of hydrogen-bond acceptors (Lipinski definition) is 11. The van der Waals surface area contributed by atoms with Gasteiger partial charge in [0.05, 0.1) is 28.6 Å². The van der Waals surface area contributed by atoms with E-state index in [1.165, 1.54) is 0 Å². The highest BCUT2D eigenvalue weighted by atomic mass is 32.1. The van der Waals surface area contributed by atoms with Crippen LogP contribution in [0.4, 0.5) is 17.6 Å². The van der Waals surface area contributed by atoms with Crippen molar-refractivity contribution in [3.8, 4) is 10.6 Å². The van der Waals surface area contributed by atoms with Gasteiger partial charge in [-0.2, -0.15) is 4.98 Å². The highest BCUT2D eigenvalue weighted by Crippen LogP contribution is 2.41. The zero-order valence-corrected chi connectivity index (χ0v) is 22.0. The summed E-state index contributed by atoms with van der Waals surface area (Å²) in [4.78, 5) is 28.1. The minimum Gasteiger partial charge on any atom is -0.395 e. The number of β-amino-alcohol motifs (C(OH)–C–C–N with tert-alkyl or cyclic N) is 1. The van der Waals surface area contributed by atoms with Gasteiger partial charge in [-0.25, -0.2) is 15.0 Å². The second kappa shape index (κ2) is 9.49. The Morgan fingerprint density at radius 1 is 1.08 bits per heavy atom. The van der Waals surface area contributed by atoms with Crippen LogP contribution in [0.15, 0.2) is 36.7 Å². The minimum absolute atomic E-state index is 0.198. The molecular weight excluding hydrogens is 500 g/mol. The Hall–Kier alpha value is -3.25. The summed E-state index contributed by atoms with van der Waals surface area (Å²) in [5.41, 5.74) is 3.42. The standard InChI is InChI=1S/C27H30N8O2S/c1-15-8-24(33-27(30-15)35-14-18-10-19(35)13-34(18)6-7-36)32-23-11-20-22(12-29-23)38-26(31-20)17-4-5-28-21(9-17)25(37)16-2-3-16/h4-5,8-9,11-12,16,18-19,25,36-37H,2-3,6-7,10,13-14H2,1H3,(H,29,30,32,33)/t18-,19-,25?/m0/s1. The number of aromatic nitrogens is 5. The van der Waals surface area contributed by atoms with Gasteiger partial charge in [0.1, 0.15) is 16.6 Å². The number of pyridine rings is 2. The molecule has 7 rings (SSSR count). The number of aryl methyl sites for hydroxylation is 1. The van der Waals surface area contributed by atoms with E-state index in [2.05, 4.69) is 25.1 Å². The monoisotopic (exact) mass is 530 g/mol. The molecule has 10 nitrogen and oxygen atoms in total. The summed E-state index contributed by atoms with van der Waals surface area (Å²) in [6.45, 7) is 4.73. The summed E-state index contributed by atoms with van der Waals surface area (Å²) in [6, 6.07) is 8.59. The molecule has 2 bridgehead atoms. The molecule has 1 aliphatic carbocycles. The lowest BCUT2D eigenvalue weighted by atomic mass is 10.1. The van der Waals surface area contributed by atoms with Crippen molar-refractivity contribution in [3.05, 3.63) is 48.0 Å². The first kappa shape index (κ1) is 23.8. The van der Waals surface area contributed by atoms with Crippen molar-refractivity contribution >= 4 is 39.1 Å². The highest BCUT2D eigenvalue weighted by Gasteiger charge is 2.44. The molecule has 1 unspecified atom stereocenters. The number of anilines is 3. The number of rotatable bonds is 8. The predicted octanol–water partition coefficient (Wildman–Crippen LogP) is 3.29. The molecule has 1 saturated carbocycles. The van der Waals surface area contributed by atoms with Gasteiger partial charge in [0.15, 0.2) is 0 Å². The molecule has 3 fully saturated rings. The van der Waals surface area contributed by atoms with E-state index >= 15 is 0 Å². The van der Waals surface area contributed by atoms with Gasteiger partial charge in [0, 0.05) is 67.5 Å². The van der Waals surface area contributed by atoms with E-state index in [0.29, 0.717) is 35.3 Å². The third-order valence-corrected chi connectivity index (χ3v) is 8.83. The molecule has 3 aliphatic rings. The van der Waals surface area contributed by atoms with E-state index in [4.69, 9.17) is 15.0 Å². The SMILES string of the molecule is Cc1cc(Nc2cc3nc(-c4ccnc(C(O)C5CC5)c4)sc3cn2)nc(N2C[C@@H]3C[C@H]2CN3CCO)n1. The predicted molar refractivity (Wildman–Crippen MR) is 147 cm³/mol. The Balaban J connectivity index is 1.11. The molecule has 11 heteroatoms. The van der Waals surface area contributed by atoms with Crippen molar-refractivity contribution < 1.29 is 10.2 Å². The van der Waals surface area contributed by atoms with Crippen molar-refractivity contribution in [1.82, 2.24) is 29.8 Å². The van der Waals surface area contributed by atoms with Crippen molar-refractivity contribution in [1.29, 1.82) is 0 Å². The van der Waals surface area contributed by atoms with Crippen LogP contribution < -0.4 is 10.2 Å². The fourth-order valence-corrected chi connectivity index (χ4v) is 6.61. The summed E-state index contributed by atoms with van der Waals surface area (Å²) in [7, 11) is 0. The van der Waals surface area contributed by atoms with Gasteiger partial charge < -0.3 is 20.4 Å². The molecular formula is C27H30N8O2S. The van der Waals surface area contributed by atoms with Crippen LogP contribution in [0.3, 0.4) is 0 Å². The molecule has 0 radical (unpaired) electrons. The third kappa shape index (κ3) is 4.49. The number of thiazole rings is 1. The first-order valence-corrected chi connectivity index (χ1v) is 14.0. The second-order valence-corrected chi connectivity index (χ2v) is 11.6. The molecule has 0 spiro atoms. The lowest BCUT2D eigenvalue weighted by Crippen LogP contribution is -2.47. The number of fused-ring (bicyclic) bond motifs is 3. The second-order valence-electron chi connectivity index (χ2n) is 10.5. The normalized spacial score (nSPS) is 21.9. The average Bonchev–Trinajstić information content (AvgIpc) is 3.37. The largest absolute Gasteiger partial charge is 0.395 e. The third-order valence-electron chi connectivity index (χ3n) is 7.77. The van der Waals surface area contributed by atoms with Crippen molar-refractivity contribution in [3.63, 3.8) is 0 Å². The smallest absolute Gasteiger partial charge is 0.227 e. The number of aliphatic hydroxyl groups excluding tert-OH is 2. The quantitative estimate of drug-likeness (QED) is 0.313. The lowest BCUT2D eigenvalue weighted by molar-refractivity contribution is 0.149. The fourth-order valence-electron chi connectivity index (χ4n) is 5.70. The van der Waals surface area contributed by atoms with E-state index in [9.17, 15) is 10.2 Å². The number of aliphatic hydroxyl groups is 2. The van der Waals surface area contributed by atoms with Crippen molar-refractivity contribution in [2.24, 2.45) is 5.92 Å². The van der Waals surface area contributed by atoms with Gasteiger partial charge in [-0.1, -0.05) is 0 Å². The van der Waals surface area contributed by atoms with E-state index in [1.54, 1.807) is 17.5 Å². The Morgan fingerprint density at radius 2 is 1.97 bits per heavy atom. The molecule has 6 heterocycles. The van der Waals surface area contributed by atoms with Crippen LogP contribution in [0.5, 0.6) is 0 Å². The number of hydrogen-bond donors (Lipinski definition) is 3. The lowest BCUT2D eigenvalue weighted by Gasteiger charge is -2.34. The van der Waals surface area contributed by atoms with Gasteiger partial charge in [-0.05, 0) is 44.2 Å². The summed E-state index contributed by atoms with van der Waals surface area (Å²) in [5.74, 6) is 2.45. The van der Waals surface area contributed by atoms with Gasteiger partial charge in [-0.3, -0.25) is 9.88 Å². The molecule has 0 aromatic carbocycles. The summed E-state index contributed by atoms with van der Waals surface area (Å²) >= 11 is 1.58. The molecule has 2 aliphatic heterocycles. The van der Waals surface area contributed by atoms with Crippen molar-refractivity contribution in [2.75, 3.05) is 36.5 Å².